The molecule has 1 rings (SSSR count). The fraction of sp³-hybridized carbons (Fsp3) is 0.875. The summed E-state index contributed by atoms with van der Waals surface area (Å²) in [7, 11) is 1.39. The number of carbonyl (C=O) groups is 2. The van der Waals surface area contributed by atoms with Gasteiger partial charge in [-0.2, -0.15) is 0 Å². The van der Waals surface area contributed by atoms with Crippen molar-refractivity contribution in [3.8, 4) is 0 Å². The van der Waals surface area contributed by atoms with E-state index in [1.165, 1.54) is 20.0 Å². The second-order valence-corrected chi connectivity index (χ2v) is 6.90. The first kappa shape index (κ1) is 17.0. The van der Waals surface area contributed by atoms with E-state index in [9.17, 15) is 9.59 Å². The smallest absolute Gasteiger partial charge is 0.307 e. The van der Waals surface area contributed by atoms with E-state index in [0.29, 0.717) is 12.5 Å². The number of nitrogens with zero attached hydrogens (tertiary/aromatic N) is 1. The lowest BCUT2D eigenvalue weighted by Crippen LogP contribution is -2.50. The van der Waals surface area contributed by atoms with Crippen LogP contribution in [0.2, 0.25) is 0 Å². The Balaban J connectivity index is 2.82. The van der Waals surface area contributed by atoms with Crippen molar-refractivity contribution in [3.05, 3.63) is 0 Å². The molecule has 1 aliphatic carbocycles. The molecule has 0 aliphatic heterocycles. The van der Waals surface area contributed by atoms with Crippen molar-refractivity contribution in [1.29, 1.82) is 0 Å². The number of methoxy groups -OCH3 is 1. The molecule has 2 atom stereocenters. The van der Waals surface area contributed by atoms with Crippen molar-refractivity contribution in [2.24, 2.45) is 11.3 Å². The lowest BCUT2D eigenvalue weighted by Gasteiger charge is -2.41. The first-order chi connectivity index (χ1) is 9.27. The van der Waals surface area contributed by atoms with Gasteiger partial charge in [0.25, 0.3) is 0 Å². The van der Waals surface area contributed by atoms with Gasteiger partial charge in [0, 0.05) is 18.0 Å². The van der Waals surface area contributed by atoms with Gasteiger partial charge in [-0.15, -0.1) is 0 Å². The monoisotopic (exact) mass is 283 g/mol. The molecule has 0 bridgehead atoms. The molecule has 1 aliphatic rings. The fourth-order valence-corrected chi connectivity index (χ4v) is 2.92. The molecule has 0 aromatic rings. The molecule has 116 valence electrons. The molecule has 20 heavy (non-hydrogen) atoms. The topological polar surface area (TPSA) is 46.6 Å². The van der Waals surface area contributed by atoms with Crippen LogP contribution in [0.15, 0.2) is 0 Å². The maximum Gasteiger partial charge on any atom is 0.307 e. The van der Waals surface area contributed by atoms with Gasteiger partial charge >= 0.3 is 5.97 Å². The van der Waals surface area contributed by atoms with Gasteiger partial charge in [-0.25, -0.2) is 0 Å². The maximum absolute atomic E-state index is 12.7. The highest BCUT2D eigenvalue weighted by atomic mass is 16.5. The Kier molecular flexibility index (Phi) is 6.03. The number of amides is 1. The minimum absolute atomic E-state index is 0.139. The highest BCUT2D eigenvalue weighted by molar-refractivity contribution is 5.82. The third kappa shape index (κ3) is 4.50. The summed E-state index contributed by atoms with van der Waals surface area (Å²) in [6, 6.07) is 0.264. The summed E-state index contributed by atoms with van der Waals surface area (Å²) in [5.41, 5.74) is -0.409. The van der Waals surface area contributed by atoms with E-state index in [1.54, 1.807) is 0 Å². The number of hydrogen-bond acceptors (Lipinski definition) is 3. The Morgan fingerprint density at radius 2 is 1.80 bits per heavy atom. The third-order valence-electron chi connectivity index (χ3n) is 4.15. The maximum atomic E-state index is 12.7. The second kappa shape index (κ2) is 7.09. The number of ether oxygens (including phenoxy) is 1. The molecular weight excluding hydrogens is 254 g/mol. The molecule has 1 amide bonds. The van der Waals surface area contributed by atoms with Crippen LogP contribution in [0.25, 0.3) is 0 Å². The molecule has 0 N–H and O–H groups in total. The summed E-state index contributed by atoms with van der Waals surface area (Å²) < 4.78 is 4.70. The van der Waals surface area contributed by atoms with Gasteiger partial charge in [0.15, 0.2) is 0 Å². The summed E-state index contributed by atoms with van der Waals surface area (Å²) >= 11 is 0. The van der Waals surface area contributed by atoms with E-state index in [2.05, 4.69) is 6.92 Å². The summed E-state index contributed by atoms with van der Waals surface area (Å²) in [5, 5.41) is 0. The zero-order chi connectivity index (χ0) is 15.3. The van der Waals surface area contributed by atoms with Gasteiger partial charge in [-0.05, 0) is 18.8 Å². The van der Waals surface area contributed by atoms with Crippen molar-refractivity contribution in [2.45, 2.75) is 65.8 Å². The van der Waals surface area contributed by atoms with Crippen LogP contribution >= 0.6 is 0 Å². The van der Waals surface area contributed by atoms with Gasteiger partial charge in [0.05, 0.1) is 13.5 Å². The van der Waals surface area contributed by atoms with E-state index in [-0.39, 0.29) is 24.3 Å². The van der Waals surface area contributed by atoms with Crippen LogP contribution in [0.3, 0.4) is 0 Å². The van der Waals surface area contributed by atoms with Crippen LogP contribution in [0.4, 0.5) is 0 Å². The molecule has 0 radical (unpaired) electrons. The van der Waals surface area contributed by atoms with Crippen molar-refractivity contribution in [2.75, 3.05) is 13.7 Å². The molecule has 4 nitrogen and oxygen atoms in total. The normalized spacial score (nSPS) is 23.2. The minimum Gasteiger partial charge on any atom is -0.469 e. The van der Waals surface area contributed by atoms with E-state index < -0.39 is 5.41 Å². The SMILES string of the molecule is COC(=O)CCN(C(=O)C(C)(C)C)C1CCCCC1C. The summed E-state index contributed by atoms with van der Waals surface area (Å²) in [6.07, 6.45) is 4.90. The standard InChI is InChI=1S/C16H29NO3/c1-12-8-6-7-9-13(12)17(11-10-14(18)20-5)15(19)16(2,3)4/h12-13H,6-11H2,1-5H3. The van der Waals surface area contributed by atoms with Crippen LogP contribution in [0.1, 0.15) is 59.8 Å². The number of esters is 1. The fourth-order valence-electron chi connectivity index (χ4n) is 2.92. The molecule has 2 unspecified atom stereocenters. The van der Waals surface area contributed by atoms with Crippen molar-refractivity contribution < 1.29 is 14.3 Å². The van der Waals surface area contributed by atoms with Crippen molar-refractivity contribution >= 4 is 11.9 Å². The average molecular weight is 283 g/mol. The van der Waals surface area contributed by atoms with Gasteiger partial charge in [-0.1, -0.05) is 40.5 Å². The van der Waals surface area contributed by atoms with Crippen LogP contribution < -0.4 is 0 Å². The molecule has 0 spiro atoms. The van der Waals surface area contributed by atoms with Crippen LogP contribution in [0, 0.1) is 11.3 Å². The van der Waals surface area contributed by atoms with Crippen LogP contribution in [-0.4, -0.2) is 36.5 Å². The molecule has 1 saturated carbocycles. The van der Waals surface area contributed by atoms with E-state index in [4.69, 9.17) is 4.74 Å². The predicted octanol–water partition coefficient (Wildman–Crippen LogP) is 3.00. The molecule has 0 aromatic heterocycles. The Labute approximate surface area is 122 Å². The quantitative estimate of drug-likeness (QED) is 0.745. The zero-order valence-electron chi connectivity index (χ0n) is 13.6. The molecule has 4 heteroatoms. The number of rotatable bonds is 4. The Morgan fingerprint density at radius 1 is 1.20 bits per heavy atom. The summed E-state index contributed by atoms with van der Waals surface area (Å²) in [6.45, 7) is 8.50. The van der Waals surface area contributed by atoms with Gasteiger partial charge < -0.3 is 9.64 Å². The largest absolute Gasteiger partial charge is 0.469 e. The van der Waals surface area contributed by atoms with Crippen LogP contribution in [0.5, 0.6) is 0 Å². The molecule has 1 fully saturated rings. The zero-order valence-corrected chi connectivity index (χ0v) is 13.6. The molecular formula is C16H29NO3. The minimum atomic E-state index is -0.409. The lowest BCUT2D eigenvalue weighted by atomic mass is 9.83. The predicted molar refractivity (Wildman–Crippen MR) is 79.2 cm³/mol. The van der Waals surface area contributed by atoms with E-state index in [1.807, 2.05) is 25.7 Å². The van der Waals surface area contributed by atoms with E-state index >= 15 is 0 Å². The summed E-state index contributed by atoms with van der Waals surface area (Å²) in [5.74, 6) is 0.396. The Morgan fingerprint density at radius 3 is 2.30 bits per heavy atom. The third-order valence-corrected chi connectivity index (χ3v) is 4.15. The van der Waals surface area contributed by atoms with Gasteiger partial charge in [0.2, 0.25) is 5.91 Å². The molecule has 0 saturated heterocycles. The second-order valence-electron chi connectivity index (χ2n) is 6.90. The molecule has 0 heterocycles. The van der Waals surface area contributed by atoms with E-state index in [0.717, 1.165) is 12.8 Å². The highest BCUT2D eigenvalue weighted by Crippen LogP contribution is 2.31. The first-order valence-electron chi connectivity index (χ1n) is 7.65. The number of hydrogen-bond donors (Lipinski definition) is 0. The van der Waals surface area contributed by atoms with Gasteiger partial charge in [0.1, 0.15) is 0 Å². The first-order valence-corrected chi connectivity index (χ1v) is 7.65. The Hall–Kier alpha value is -1.06. The Bertz CT molecular complexity index is 346. The average Bonchev–Trinajstić information content (AvgIpc) is 2.39. The lowest BCUT2D eigenvalue weighted by molar-refractivity contribution is -0.146. The highest BCUT2D eigenvalue weighted by Gasteiger charge is 2.35. The number of carbonyl (C=O) groups excluding carboxylic acids is 2. The summed E-state index contributed by atoms with van der Waals surface area (Å²) in [4.78, 5) is 26.0. The van der Waals surface area contributed by atoms with Crippen molar-refractivity contribution in [1.82, 2.24) is 4.90 Å². The van der Waals surface area contributed by atoms with Crippen molar-refractivity contribution in [3.63, 3.8) is 0 Å². The molecule has 0 aromatic carbocycles. The van der Waals surface area contributed by atoms with Gasteiger partial charge in [-0.3, -0.25) is 9.59 Å². The van der Waals surface area contributed by atoms with Crippen LogP contribution in [-0.2, 0) is 14.3 Å².